The van der Waals surface area contributed by atoms with Crippen LogP contribution >= 0.6 is 11.6 Å². The molecule has 0 spiro atoms. The van der Waals surface area contributed by atoms with Crippen molar-refractivity contribution in [2.45, 2.75) is 26.2 Å². The molecule has 3 rings (SSSR count). The topological polar surface area (TPSA) is 120 Å². The van der Waals surface area contributed by atoms with Crippen molar-refractivity contribution in [1.82, 2.24) is 19.8 Å². The quantitative estimate of drug-likeness (QED) is 0.468. The number of hydrogen-bond acceptors (Lipinski definition) is 7. The second-order valence-electron chi connectivity index (χ2n) is 6.57. The van der Waals surface area contributed by atoms with Crippen molar-refractivity contribution in [3.63, 3.8) is 0 Å². The van der Waals surface area contributed by atoms with Crippen molar-refractivity contribution in [3.05, 3.63) is 34.7 Å². The van der Waals surface area contributed by atoms with Crippen LogP contribution in [0.3, 0.4) is 0 Å². The Labute approximate surface area is 202 Å². The van der Waals surface area contributed by atoms with Gasteiger partial charge in [0.25, 0.3) is 0 Å². The smallest absolute Gasteiger partial charge is 0.541 e. The number of aromatic carboxylic acids is 1. The molecular formula is C16H16ClKN6O3. The molecule has 0 aliphatic carbocycles. The van der Waals surface area contributed by atoms with Gasteiger partial charge < -0.3 is 14.6 Å². The number of benzene rings is 1. The molecule has 0 fully saturated rings. The monoisotopic (exact) mass is 414 g/mol. The average molecular weight is 415 g/mol. The zero-order valence-corrected chi connectivity index (χ0v) is 19.4. The maximum Gasteiger partial charge on any atom is 1.00 e. The van der Waals surface area contributed by atoms with Gasteiger partial charge in [-0.15, -0.1) is 20.4 Å². The summed E-state index contributed by atoms with van der Waals surface area (Å²) in [7, 11) is 1.52. The molecule has 0 bridgehead atoms. The number of carbonyl (C=O) groups is 1. The second kappa shape index (κ2) is 8.37. The van der Waals surface area contributed by atoms with Crippen LogP contribution < -0.4 is 61.2 Å². The molecule has 0 aliphatic rings. The van der Waals surface area contributed by atoms with E-state index in [-0.39, 0.29) is 68.3 Å². The van der Waals surface area contributed by atoms with Gasteiger partial charge in [-0.25, -0.2) is 4.52 Å². The van der Waals surface area contributed by atoms with Crippen LogP contribution in [0, 0.1) is 0 Å². The number of H-pyrrole nitrogens is 1. The SMILES string of the molecule is COc1ccc(Cl)cc1N=Nc1c(C(C)(C)C)[nH]n2c(C(=O)[O-])nnc12.[K+]. The molecule has 0 amide bonds. The summed E-state index contributed by atoms with van der Waals surface area (Å²) in [6, 6.07) is 4.97. The number of aromatic amines is 1. The molecular weight excluding hydrogens is 399 g/mol. The zero-order chi connectivity index (χ0) is 19.1. The van der Waals surface area contributed by atoms with Crippen molar-refractivity contribution >= 4 is 34.6 Å². The van der Waals surface area contributed by atoms with Crippen LogP contribution in [0.5, 0.6) is 5.75 Å². The Kier molecular flexibility index (Phi) is 6.82. The standard InChI is InChI=1S/C16H17ClN6O3.K/c1-16(2,3)12-11(13-20-21-14(15(24)25)23(13)22-12)19-18-9-7-8(17)5-6-10(9)26-4;/h5-7,22H,1-4H3,(H,24,25);/q;+1/p-1. The van der Waals surface area contributed by atoms with Crippen LogP contribution in [0.4, 0.5) is 11.4 Å². The first-order valence-corrected chi connectivity index (χ1v) is 8.04. The molecule has 0 unspecified atom stereocenters. The maximum absolute atomic E-state index is 11.2. The normalized spacial score (nSPS) is 11.7. The summed E-state index contributed by atoms with van der Waals surface area (Å²) in [6.45, 7) is 5.84. The minimum absolute atomic E-state index is 0. The second-order valence-corrected chi connectivity index (χ2v) is 7.01. The van der Waals surface area contributed by atoms with Gasteiger partial charge in [0, 0.05) is 10.4 Å². The van der Waals surface area contributed by atoms with E-state index in [0.29, 0.717) is 27.8 Å². The summed E-state index contributed by atoms with van der Waals surface area (Å²) in [6.07, 6.45) is 0. The van der Waals surface area contributed by atoms with E-state index in [9.17, 15) is 9.90 Å². The van der Waals surface area contributed by atoms with Gasteiger partial charge in [0.15, 0.2) is 11.5 Å². The summed E-state index contributed by atoms with van der Waals surface area (Å²) < 4.78 is 6.47. The van der Waals surface area contributed by atoms with E-state index >= 15 is 0 Å². The maximum atomic E-state index is 11.2. The Morgan fingerprint density at radius 3 is 2.59 bits per heavy atom. The predicted octanol–water partition coefficient (Wildman–Crippen LogP) is -0.200. The van der Waals surface area contributed by atoms with Gasteiger partial charge in [-0.05, 0) is 18.2 Å². The van der Waals surface area contributed by atoms with Crippen LogP contribution in [0.2, 0.25) is 5.02 Å². The molecule has 27 heavy (non-hydrogen) atoms. The van der Waals surface area contributed by atoms with E-state index in [2.05, 4.69) is 25.5 Å². The molecule has 9 nitrogen and oxygen atoms in total. The summed E-state index contributed by atoms with van der Waals surface area (Å²) in [5.74, 6) is -1.29. The van der Waals surface area contributed by atoms with Gasteiger partial charge >= 0.3 is 51.4 Å². The summed E-state index contributed by atoms with van der Waals surface area (Å²) in [5.41, 5.74) is 1.31. The molecule has 0 radical (unpaired) electrons. The van der Waals surface area contributed by atoms with E-state index in [1.807, 2.05) is 20.8 Å². The van der Waals surface area contributed by atoms with Crippen LogP contribution in [-0.4, -0.2) is 32.9 Å². The van der Waals surface area contributed by atoms with Gasteiger partial charge in [-0.1, -0.05) is 32.4 Å². The van der Waals surface area contributed by atoms with E-state index in [4.69, 9.17) is 16.3 Å². The van der Waals surface area contributed by atoms with Crippen LogP contribution in [0.1, 0.15) is 37.1 Å². The van der Waals surface area contributed by atoms with Gasteiger partial charge in [0.2, 0.25) is 5.65 Å². The Morgan fingerprint density at radius 2 is 2.00 bits per heavy atom. The number of carboxylic acids is 1. The number of carboxylic acid groups (broad SMARTS) is 1. The average Bonchev–Trinajstić information content (AvgIpc) is 3.11. The van der Waals surface area contributed by atoms with E-state index in [1.54, 1.807) is 18.2 Å². The van der Waals surface area contributed by atoms with Crippen molar-refractivity contribution in [1.29, 1.82) is 0 Å². The fourth-order valence-corrected chi connectivity index (χ4v) is 2.58. The fourth-order valence-electron chi connectivity index (χ4n) is 2.42. The number of nitrogens with zero attached hydrogens (tertiary/aromatic N) is 5. The molecule has 1 N–H and O–H groups in total. The van der Waals surface area contributed by atoms with Gasteiger partial charge in [-0.3, -0.25) is 5.10 Å². The number of rotatable bonds is 4. The first-order valence-electron chi connectivity index (χ1n) is 7.66. The third kappa shape index (κ3) is 4.41. The molecule has 136 valence electrons. The molecule has 2 aromatic heterocycles. The Morgan fingerprint density at radius 1 is 1.30 bits per heavy atom. The zero-order valence-electron chi connectivity index (χ0n) is 15.6. The molecule has 0 saturated carbocycles. The number of ether oxygens (including phenoxy) is 1. The number of azo groups is 1. The first-order chi connectivity index (χ1) is 12.2. The number of hydrogen-bond donors (Lipinski definition) is 1. The Bertz CT molecular complexity index is 1020. The molecule has 0 atom stereocenters. The molecule has 3 aromatic rings. The number of methoxy groups -OCH3 is 1. The summed E-state index contributed by atoms with van der Waals surface area (Å²) >= 11 is 6.01. The molecule has 0 saturated heterocycles. The molecule has 2 heterocycles. The first kappa shape index (κ1) is 22.0. The fraction of sp³-hybridized carbons (Fsp3) is 0.312. The minimum Gasteiger partial charge on any atom is -0.541 e. The number of carbonyl (C=O) groups excluding carboxylic acids is 1. The number of nitrogens with one attached hydrogen (secondary N) is 1. The number of aromatic nitrogens is 4. The predicted molar refractivity (Wildman–Crippen MR) is 92.5 cm³/mol. The number of halogens is 1. The van der Waals surface area contributed by atoms with Crippen LogP contribution in [0.25, 0.3) is 5.65 Å². The van der Waals surface area contributed by atoms with E-state index in [0.717, 1.165) is 0 Å². The van der Waals surface area contributed by atoms with Crippen LogP contribution in [0.15, 0.2) is 28.4 Å². The third-order valence-corrected chi connectivity index (χ3v) is 3.90. The van der Waals surface area contributed by atoms with Gasteiger partial charge in [0.1, 0.15) is 17.4 Å². The van der Waals surface area contributed by atoms with E-state index in [1.165, 1.54) is 11.6 Å². The largest absolute Gasteiger partial charge is 1.00 e. The van der Waals surface area contributed by atoms with Gasteiger partial charge in [-0.2, -0.15) is 0 Å². The number of fused-ring (bicyclic) bond motifs is 1. The Balaban J connectivity index is 0.00000261. The van der Waals surface area contributed by atoms with Crippen molar-refractivity contribution in [2.75, 3.05) is 7.11 Å². The van der Waals surface area contributed by atoms with Crippen molar-refractivity contribution in [2.24, 2.45) is 10.2 Å². The molecule has 1 aromatic carbocycles. The Hall–Kier alpha value is -1.30. The minimum atomic E-state index is -1.45. The molecule has 11 heteroatoms. The van der Waals surface area contributed by atoms with E-state index < -0.39 is 5.97 Å². The van der Waals surface area contributed by atoms with Crippen molar-refractivity contribution < 1.29 is 66.0 Å². The summed E-state index contributed by atoms with van der Waals surface area (Å²) in [4.78, 5) is 11.2. The molecule has 0 aliphatic heterocycles. The van der Waals surface area contributed by atoms with Crippen LogP contribution in [-0.2, 0) is 5.41 Å². The third-order valence-electron chi connectivity index (χ3n) is 3.67. The van der Waals surface area contributed by atoms with Gasteiger partial charge in [0.05, 0.1) is 12.8 Å². The summed E-state index contributed by atoms with van der Waals surface area (Å²) in [5, 5.41) is 30.7. The van der Waals surface area contributed by atoms with Crippen molar-refractivity contribution in [3.8, 4) is 5.75 Å².